The lowest BCUT2D eigenvalue weighted by atomic mass is 10.2. The van der Waals surface area contributed by atoms with Crippen molar-refractivity contribution < 1.29 is 23.5 Å². The fraction of sp³-hybridized carbons (Fsp3) is 0.235. The first kappa shape index (κ1) is 17.0. The summed E-state index contributed by atoms with van der Waals surface area (Å²) in [5, 5.41) is 6.29. The van der Waals surface area contributed by atoms with Gasteiger partial charge in [-0.15, -0.1) is 11.3 Å². The van der Waals surface area contributed by atoms with Gasteiger partial charge < -0.3 is 18.7 Å². The summed E-state index contributed by atoms with van der Waals surface area (Å²) < 4.78 is 20.6. The predicted octanol–water partition coefficient (Wildman–Crippen LogP) is 3.48. The summed E-state index contributed by atoms with van der Waals surface area (Å²) in [6, 6.07) is 7.10. The summed E-state index contributed by atoms with van der Waals surface area (Å²) in [6.07, 6.45) is 0. The Morgan fingerprint density at radius 3 is 2.68 bits per heavy atom. The molecule has 2 heterocycles. The first-order valence-electron chi connectivity index (χ1n) is 7.38. The molecule has 0 unspecified atom stereocenters. The highest BCUT2D eigenvalue weighted by molar-refractivity contribution is 7.13. The maximum atomic E-state index is 11.9. The van der Waals surface area contributed by atoms with E-state index in [1.807, 2.05) is 23.6 Å². The Bertz CT molecular complexity index is 887. The minimum atomic E-state index is -0.568. The van der Waals surface area contributed by atoms with Crippen molar-refractivity contribution in [3.8, 4) is 22.1 Å². The van der Waals surface area contributed by atoms with Crippen LogP contribution in [0.5, 0.6) is 11.5 Å². The van der Waals surface area contributed by atoms with Crippen LogP contribution in [0.1, 0.15) is 21.9 Å². The Hall–Kier alpha value is -2.87. The Labute approximate surface area is 148 Å². The molecule has 0 spiro atoms. The summed E-state index contributed by atoms with van der Waals surface area (Å²) in [5.41, 5.74) is 2.17. The van der Waals surface area contributed by atoms with Gasteiger partial charge in [0.2, 0.25) is 5.76 Å². The molecule has 8 heteroatoms. The third-order valence-electron chi connectivity index (χ3n) is 3.36. The first-order chi connectivity index (χ1) is 12.1. The number of hydrogen-bond donors (Lipinski definition) is 0. The van der Waals surface area contributed by atoms with Crippen LogP contribution in [-0.2, 0) is 11.3 Å². The van der Waals surface area contributed by atoms with Crippen molar-refractivity contribution in [2.75, 3.05) is 14.2 Å². The first-order valence-corrected chi connectivity index (χ1v) is 8.26. The van der Waals surface area contributed by atoms with Crippen LogP contribution in [0.3, 0.4) is 0 Å². The fourth-order valence-corrected chi connectivity index (χ4v) is 2.95. The molecule has 3 rings (SSSR count). The number of rotatable bonds is 6. The lowest BCUT2D eigenvalue weighted by molar-refractivity contribution is 0.0421. The monoisotopic (exact) mass is 360 g/mol. The molecule has 0 fully saturated rings. The van der Waals surface area contributed by atoms with Gasteiger partial charge in [0.1, 0.15) is 11.6 Å². The van der Waals surface area contributed by atoms with Crippen LogP contribution in [0.15, 0.2) is 34.2 Å². The number of benzene rings is 1. The Morgan fingerprint density at radius 1 is 1.20 bits per heavy atom. The summed E-state index contributed by atoms with van der Waals surface area (Å²) in [5.74, 6) is 0.789. The average Bonchev–Trinajstić information content (AvgIpc) is 3.28. The van der Waals surface area contributed by atoms with Crippen LogP contribution in [-0.4, -0.2) is 30.3 Å². The van der Waals surface area contributed by atoms with E-state index in [1.165, 1.54) is 17.4 Å². The molecule has 0 aliphatic carbocycles. The van der Waals surface area contributed by atoms with Crippen LogP contribution in [0, 0.1) is 6.92 Å². The van der Waals surface area contributed by atoms with Gasteiger partial charge in [0.25, 0.3) is 0 Å². The molecule has 0 amide bonds. The zero-order valence-electron chi connectivity index (χ0n) is 13.9. The van der Waals surface area contributed by atoms with Gasteiger partial charge in [-0.05, 0) is 25.1 Å². The maximum Gasteiger partial charge on any atom is 0.377 e. The van der Waals surface area contributed by atoms with Crippen molar-refractivity contribution >= 4 is 17.3 Å². The predicted molar refractivity (Wildman–Crippen MR) is 91.0 cm³/mol. The third kappa shape index (κ3) is 3.80. The van der Waals surface area contributed by atoms with Crippen molar-refractivity contribution in [2.45, 2.75) is 13.5 Å². The molecule has 0 bridgehead atoms. The number of aryl methyl sites for hydroxylation is 1. The second-order valence-corrected chi connectivity index (χ2v) is 5.98. The Morgan fingerprint density at radius 2 is 2.00 bits per heavy atom. The van der Waals surface area contributed by atoms with E-state index < -0.39 is 5.97 Å². The summed E-state index contributed by atoms with van der Waals surface area (Å²) in [4.78, 5) is 16.3. The quantitative estimate of drug-likeness (QED) is 0.622. The van der Waals surface area contributed by atoms with Crippen molar-refractivity contribution in [1.29, 1.82) is 0 Å². The zero-order chi connectivity index (χ0) is 17.8. The van der Waals surface area contributed by atoms with Gasteiger partial charge in [0.05, 0.1) is 25.6 Å². The van der Waals surface area contributed by atoms with Crippen LogP contribution < -0.4 is 9.47 Å². The number of hydrogen-bond acceptors (Lipinski definition) is 8. The second-order valence-electron chi connectivity index (χ2n) is 5.12. The van der Waals surface area contributed by atoms with Gasteiger partial charge in [-0.1, -0.05) is 5.16 Å². The highest BCUT2D eigenvalue weighted by Crippen LogP contribution is 2.33. The molecule has 25 heavy (non-hydrogen) atoms. The van der Waals surface area contributed by atoms with Crippen molar-refractivity contribution in [1.82, 2.24) is 10.1 Å². The zero-order valence-corrected chi connectivity index (χ0v) is 14.8. The Kier molecular flexibility index (Phi) is 4.99. The van der Waals surface area contributed by atoms with Gasteiger partial charge in [0.15, 0.2) is 11.5 Å². The highest BCUT2D eigenvalue weighted by atomic mass is 32.1. The van der Waals surface area contributed by atoms with E-state index in [2.05, 4.69) is 10.1 Å². The number of aromatic nitrogens is 2. The van der Waals surface area contributed by atoms with E-state index in [0.717, 1.165) is 10.6 Å². The largest absolute Gasteiger partial charge is 0.493 e. The molecule has 1 aromatic carbocycles. The number of thiazole rings is 1. The van der Waals surface area contributed by atoms with Crippen LogP contribution in [0.4, 0.5) is 0 Å². The average molecular weight is 360 g/mol. The fourth-order valence-electron chi connectivity index (χ4n) is 2.15. The second kappa shape index (κ2) is 7.35. The lowest BCUT2D eigenvalue weighted by Gasteiger charge is -2.08. The number of methoxy groups -OCH3 is 2. The summed E-state index contributed by atoms with van der Waals surface area (Å²) in [7, 11) is 3.17. The third-order valence-corrected chi connectivity index (χ3v) is 4.30. The van der Waals surface area contributed by atoms with Crippen LogP contribution in [0.25, 0.3) is 10.6 Å². The molecule has 0 radical (unpaired) electrons. The van der Waals surface area contributed by atoms with Crippen LogP contribution in [0.2, 0.25) is 0 Å². The van der Waals surface area contributed by atoms with Gasteiger partial charge in [0, 0.05) is 17.0 Å². The Balaban J connectivity index is 1.69. The molecule has 0 atom stereocenters. The standard InChI is InChI=1S/C17H16N2O5S/c1-10-6-15(24-19-10)17(20)23-8-12-9-25-16(18-12)11-4-5-13(21-2)14(7-11)22-3/h4-7,9H,8H2,1-3H3. The molecule has 0 aliphatic heterocycles. The maximum absolute atomic E-state index is 11.9. The summed E-state index contributed by atoms with van der Waals surface area (Å²) in [6.45, 7) is 1.79. The normalized spacial score (nSPS) is 10.5. The molecule has 0 aliphatic rings. The van der Waals surface area contributed by atoms with Crippen molar-refractivity contribution in [2.24, 2.45) is 0 Å². The molecular weight excluding hydrogens is 344 g/mol. The van der Waals surface area contributed by atoms with Crippen molar-refractivity contribution in [3.05, 3.63) is 46.8 Å². The number of carbonyl (C=O) groups excluding carboxylic acids is 1. The van der Waals surface area contributed by atoms with E-state index in [4.69, 9.17) is 18.7 Å². The number of ether oxygens (including phenoxy) is 3. The van der Waals surface area contributed by atoms with Gasteiger partial charge >= 0.3 is 5.97 Å². The van der Waals surface area contributed by atoms with Gasteiger partial charge in [-0.2, -0.15) is 0 Å². The topological polar surface area (TPSA) is 83.7 Å². The van der Waals surface area contributed by atoms with E-state index in [1.54, 1.807) is 21.1 Å². The lowest BCUT2D eigenvalue weighted by Crippen LogP contribution is -2.04. The van der Waals surface area contributed by atoms with E-state index >= 15 is 0 Å². The molecule has 7 nitrogen and oxygen atoms in total. The molecule has 3 aromatic rings. The van der Waals surface area contributed by atoms with E-state index in [9.17, 15) is 4.79 Å². The molecular formula is C17H16N2O5S. The molecule has 0 saturated carbocycles. The number of nitrogens with zero attached hydrogens (tertiary/aromatic N) is 2. The van der Waals surface area contributed by atoms with Gasteiger partial charge in [-0.3, -0.25) is 0 Å². The smallest absolute Gasteiger partial charge is 0.377 e. The molecule has 0 saturated heterocycles. The number of carbonyl (C=O) groups is 1. The van der Waals surface area contributed by atoms with Crippen molar-refractivity contribution in [3.63, 3.8) is 0 Å². The van der Waals surface area contributed by atoms with E-state index in [0.29, 0.717) is 22.9 Å². The highest BCUT2D eigenvalue weighted by Gasteiger charge is 2.15. The molecule has 0 N–H and O–H groups in total. The molecule has 130 valence electrons. The number of esters is 1. The minimum absolute atomic E-state index is 0.0579. The van der Waals surface area contributed by atoms with Crippen LogP contribution >= 0.6 is 11.3 Å². The molecule has 2 aromatic heterocycles. The SMILES string of the molecule is COc1ccc(-c2nc(COC(=O)c3cc(C)no3)cs2)cc1OC. The summed E-state index contributed by atoms with van der Waals surface area (Å²) >= 11 is 1.45. The minimum Gasteiger partial charge on any atom is -0.493 e. The van der Waals surface area contributed by atoms with E-state index in [-0.39, 0.29) is 12.4 Å². The van der Waals surface area contributed by atoms with Gasteiger partial charge in [-0.25, -0.2) is 9.78 Å².